The molecule has 0 radical (unpaired) electrons. The van der Waals surface area contributed by atoms with Crippen molar-refractivity contribution in [1.29, 1.82) is 0 Å². The SMILES string of the molecule is COc1ccc(CCC(C)NC(=O)c2ccc(S(=O)(=O)N3CCCC3)cc2)cc1. The van der Waals surface area contributed by atoms with Crippen LogP contribution in [0.3, 0.4) is 0 Å². The van der Waals surface area contributed by atoms with Crippen LogP contribution in [0.4, 0.5) is 0 Å². The Hall–Kier alpha value is -2.38. The first-order valence-electron chi connectivity index (χ1n) is 9.94. The number of nitrogens with zero attached hydrogens (tertiary/aromatic N) is 1. The lowest BCUT2D eigenvalue weighted by molar-refractivity contribution is 0.0938. The van der Waals surface area contributed by atoms with Gasteiger partial charge in [-0.1, -0.05) is 12.1 Å². The highest BCUT2D eigenvalue weighted by atomic mass is 32.2. The standard InChI is InChI=1S/C22H28N2O4S/c1-17(5-6-18-7-11-20(28-2)12-8-18)23-22(25)19-9-13-21(14-10-19)29(26,27)24-15-3-4-16-24/h7-14,17H,3-6,15-16H2,1-2H3,(H,23,25). The number of hydrogen-bond donors (Lipinski definition) is 1. The molecule has 0 spiro atoms. The lowest BCUT2D eigenvalue weighted by Gasteiger charge is -2.16. The molecule has 2 aromatic rings. The summed E-state index contributed by atoms with van der Waals surface area (Å²) >= 11 is 0. The fraction of sp³-hybridized carbons (Fsp3) is 0.409. The van der Waals surface area contributed by atoms with Crippen molar-refractivity contribution in [2.24, 2.45) is 0 Å². The molecule has 1 atom stereocenters. The normalized spacial score (nSPS) is 15.8. The van der Waals surface area contributed by atoms with Gasteiger partial charge in [0.25, 0.3) is 5.91 Å². The Morgan fingerprint density at radius 2 is 1.69 bits per heavy atom. The molecule has 6 nitrogen and oxygen atoms in total. The average Bonchev–Trinajstić information content (AvgIpc) is 3.28. The largest absolute Gasteiger partial charge is 0.497 e. The number of benzene rings is 2. The van der Waals surface area contributed by atoms with Crippen LogP contribution in [0.25, 0.3) is 0 Å². The second-order valence-electron chi connectivity index (χ2n) is 7.40. The third-order valence-electron chi connectivity index (χ3n) is 5.22. The predicted molar refractivity (Wildman–Crippen MR) is 113 cm³/mol. The molecular formula is C22H28N2O4S. The average molecular weight is 417 g/mol. The Bertz CT molecular complexity index is 918. The summed E-state index contributed by atoms with van der Waals surface area (Å²) < 4.78 is 31.8. The smallest absolute Gasteiger partial charge is 0.251 e. The summed E-state index contributed by atoms with van der Waals surface area (Å²) in [5.74, 6) is 0.627. The molecule has 1 N–H and O–H groups in total. The zero-order chi connectivity index (χ0) is 20.9. The highest BCUT2D eigenvalue weighted by Gasteiger charge is 2.27. The molecule has 1 fully saturated rings. The summed E-state index contributed by atoms with van der Waals surface area (Å²) in [7, 11) is -1.82. The van der Waals surface area contributed by atoms with Crippen molar-refractivity contribution in [2.75, 3.05) is 20.2 Å². The number of hydrogen-bond acceptors (Lipinski definition) is 4. The molecule has 1 aliphatic rings. The Labute approximate surface area is 172 Å². The third kappa shape index (κ3) is 5.36. The molecular weight excluding hydrogens is 388 g/mol. The number of rotatable bonds is 8. The third-order valence-corrected chi connectivity index (χ3v) is 7.13. The maximum absolute atomic E-state index is 12.6. The Kier molecular flexibility index (Phi) is 6.92. The molecule has 156 valence electrons. The first-order valence-corrected chi connectivity index (χ1v) is 11.4. The van der Waals surface area contributed by atoms with Crippen LogP contribution in [-0.2, 0) is 16.4 Å². The van der Waals surface area contributed by atoms with Gasteiger partial charge in [0.05, 0.1) is 12.0 Å². The van der Waals surface area contributed by atoms with Crippen LogP contribution in [0.1, 0.15) is 42.1 Å². The molecule has 1 saturated heterocycles. The number of amides is 1. The molecule has 1 unspecified atom stereocenters. The zero-order valence-electron chi connectivity index (χ0n) is 16.9. The van der Waals surface area contributed by atoms with Crippen molar-refractivity contribution in [3.8, 4) is 5.75 Å². The number of ether oxygens (including phenoxy) is 1. The summed E-state index contributed by atoms with van der Waals surface area (Å²) in [6, 6.07) is 14.1. The van der Waals surface area contributed by atoms with E-state index >= 15 is 0 Å². The molecule has 0 aliphatic carbocycles. The zero-order valence-corrected chi connectivity index (χ0v) is 17.7. The van der Waals surface area contributed by atoms with Gasteiger partial charge in [0.2, 0.25) is 10.0 Å². The minimum absolute atomic E-state index is 0.00221. The molecule has 0 aromatic heterocycles. The van der Waals surface area contributed by atoms with E-state index in [9.17, 15) is 13.2 Å². The van der Waals surface area contributed by atoms with Crippen LogP contribution in [0.5, 0.6) is 5.75 Å². The van der Waals surface area contributed by atoms with Crippen molar-refractivity contribution in [3.05, 3.63) is 59.7 Å². The van der Waals surface area contributed by atoms with Gasteiger partial charge >= 0.3 is 0 Å². The van der Waals surface area contributed by atoms with Gasteiger partial charge < -0.3 is 10.1 Å². The maximum Gasteiger partial charge on any atom is 0.251 e. The summed E-state index contributed by atoms with van der Waals surface area (Å²) in [5, 5.41) is 2.98. The molecule has 2 aromatic carbocycles. The van der Waals surface area contributed by atoms with Crippen molar-refractivity contribution >= 4 is 15.9 Å². The molecule has 7 heteroatoms. The fourth-order valence-corrected chi connectivity index (χ4v) is 4.93. The summed E-state index contributed by atoms with van der Waals surface area (Å²) in [6.07, 6.45) is 3.44. The molecule has 0 saturated carbocycles. The van der Waals surface area contributed by atoms with Gasteiger partial charge in [0.15, 0.2) is 0 Å². The van der Waals surface area contributed by atoms with E-state index in [4.69, 9.17) is 4.74 Å². The van der Waals surface area contributed by atoms with Crippen LogP contribution in [-0.4, -0.2) is 44.9 Å². The van der Waals surface area contributed by atoms with Crippen molar-refractivity contribution in [3.63, 3.8) is 0 Å². The van der Waals surface area contributed by atoms with Crippen molar-refractivity contribution in [1.82, 2.24) is 9.62 Å². The number of carbonyl (C=O) groups is 1. The van der Waals surface area contributed by atoms with Gasteiger partial charge in [-0.2, -0.15) is 4.31 Å². The molecule has 0 bridgehead atoms. The van der Waals surface area contributed by atoms with Gasteiger partial charge in [-0.05, 0) is 74.6 Å². The molecule has 1 aliphatic heterocycles. The predicted octanol–water partition coefficient (Wildman–Crippen LogP) is 3.23. The van der Waals surface area contributed by atoms with E-state index in [1.165, 1.54) is 22.0 Å². The summed E-state index contributed by atoms with van der Waals surface area (Å²) in [5.41, 5.74) is 1.64. The van der Waals surface area contributed by atoms with Gasteiger partial charge in [-0.15, -0.1) is 0 Å². The summed E-state index contributed by atoms with van der Waals surface area (Å²) in [4.78, 5) is 12.7. The summed E-state index contributed by atoms with van der Waals surface area (Å²) in [6.45, 7) is 3.10. The van der Waals surface area contributed by atoms with Crippen molar-refractivity contribution < 1.29 is 17.9 Å². The van der Waals surface area contributed by atoms with E-state index in [1.807, 2.05) is 31.2 Å². The van der Waals surface area contributed by atoms with E-state index in [2.05, 4.69) is 5.32 Å². The Morgan fingerprint density at radius 1 is 1.07 bits per heavy atom. The molecule has 3 rings (SSSR count). The molecule has 1 amide bonds. The van der Waals surface area contributed by atoms with Crippen LogP contribution in [0, 0.1) is 0 Å². The maximum atomic E-state index is 12.6. The second kappa shape index (κ2) is 9.41. The van der Waals surface area contributed by atoms with Crippen LogP contribution >= 0.6 is 0 Å². The second-order valence-corrected chi connectivity index (χ2v) is 9.33. The van der Waals surface area contributed by atoms with E-state index in [-0.39, 0.29) is 16.8 Å². The van der Waals surface area contributed by atoms with Gasteiger partial charge in [0, 0.05) is 24.7 Å². The van der Waals surface area contributed by atoms with E-state index < -0.39 is 10.0 Å². The van der Waals surface area contributed by atoms with Crippen LogP contribution in [0.15, 0.2) is 53.4 Å². The van der Waals surface area contributed by atoms with Gasteiger partial charge in [0.1, 0.15) is 5.75 Å². The Balaban J connectivity index is 1.54. The minimum atomic E-state index is -3.46. The highest BCUT2D eigenvalue weighted by molar-refractivity contribution is 7.89. The fourth-order valence-electron chi connectivity index (χ4n) is 3.41. The Morgan fingerprint density at radius 3 is 2.28 bits per heavy atom. The van der Waals surface area contributed by atoms with Gasteiger partial charge in [-0.25, -0.2) is 8.42 Å². The first-order chi connectivity index (χ1) is 13.9. The number of nitrogens with one attached hydrogen (secondary N) is 1. The first kappa shape index (κ1) is 21.3. The van der Waals surface area contributed by atoms with E-state index in [0.29, 0.717) is 18.7 Å². The topological polar surface area (TPSA) is 75.7 Å². The van der Waals surface area contributed by atoms with Crippen molar-refractivity contribution in [2.45, 2.75) is 43.5 Å². The number of carbonyl (C=O) groups excluding carboxylic acids is 1. The number of methoxy groups -OCH3 is 1. The lowest BCUT2D eigenvalue weighted by Crippen LogP contribution is -2.33. The highest BCUT2D eigenvalue weighted by Crippen LogP contribution is 2.21. The van der Waals surface area contributed by atoms with Crippen LogP contribution < -0.4 is 10.1 Å². The minimum Gasteiger partial charge on any atom is -0.497 e. The van der Waals surface area contributed by atoms with E-state index in [1.54, 1.807) is 19.2 Å². The van der Waals surface area contributed by atoms with Crippen LogP contribution in [0.2, 0.25) is 0 Å². The monoisotopic (exact) mass is 416 g/mol. The molecule has 29 heavy (non-hydrogen) atoms. The van der Waals surface area contributed by atoms with E-state index in [0.717, 1.165) is 31.4 Å². The number of aryl methyl sites for hydroxylation is 1. The number of sulfonamides is 1. The quantitative estimate of drug-likeness (QED) is 0.717. The van der Waals surface area contributed by atoms with Gasteiger partial charge in [-0.3, -0.25) is 4.79 Å². The lowest BCUT2D eigenvalue weighted by atomic mass is 10.1. The molecule has 1 heterocycles.